The van der Waals surface area contributed by atoms with Gasteiger partial charge in [-0.25, -0.2) is 0 Å². The van der Waals surface area contributed by atoms with Gasteiger partial charge in [0.2, 0.25) is 11.8 Å². The Morgan fingerprint density at radius 1 is 1.12 bits per heavy atom. The number of methoxy groups -OCH3 is 1. The molecule has 3 rings (SSSR count). The SMILES string of the molecule is COc1ccc(-c2nnc(CNc3ccc(Cl)c(C(F)(F)F)c3)o2)cc1. The van der Waals surface area contributed by atoms with E-state index in [0.717, 1.165) is 6.07 Å². The van der Waals surface area contributed by atoms with Crippen LogP contribution < -0.4 is 10.1 Å². The van der Waals surface area contributed by atoms with Gasteiger partial charge in [-0.05, 0) is 42.5 Å². The lowest BCUT2D eigenvalue weighted by molar-refractivity contribution is -0.137. The molecule has 0 aliphatic heterocycles. The predicted octanol–water partition coefficient (Wildman–Crippen LogP) is 5.03. The van der Waals surface area contributed by atoms with Gasteiger partial charge in [0.15, 0.2) is 0 Å². The third-order valence-electron chi connectivity index (χ3n) is 3.52. The van der Waals surface area contributed by atoms with Crippen LogP contribution in [-0.2, 0) is 12.7 Å². The van der Waals surface area contributed by atoms with Gasteiger partial charge in [0, 0.05) is 11.3 Å². The van der Waals surface area contributed by atoms with Gasteiger partial charge in [0.25, 0.3) is 0 Å². The topological polar surface area (TPSA) is 60.2 Å². The highest BCUT2D eigenvalue weighted by atomic mass is 35.5. The lowest BCUT2D eigenvalue weighted by atomic mass is 10.2. The Kier molecular flexibility index (Phi) is 5.03. The molecule has 0 aliphatic rings. The number of halogens is 4. The van der Waals surface area contributed by atoms with E-state index in [1.807, 2.05) is 0 Å². The molecule has 1 aromatic heterocycles. The molecule has 3 aromatic rings. The van der Waals surface area contributed by atoms with Crippen LogP contribution in [0.2, 0.25) is 5.02 Å². The zero-order valence-electron chi connectivity index (χ0n) is 13.5. The third kappa shape index (κ3) is 4.08. The van der Waals surface area contributed by atoms with E-state index in [1.54, 1.807) is 31.4 Å². The van der Waals surface area contributed by atoms with Crippen LogP contribution in [0.3, 0.4) is 0 Å². The van der Waals surface area contributed by atoms with Crippen LogP contribution in [0.1, 0.15) is 11.5 Å². The highest BCUT2D eigenvalue weighted by molar-refractivity contribution is 6.31. The molecule has 0 amide bonds. The van der Waals surface area contributed by atoms with Crippen molar-refractivity contribution < 1.29 is 22.3 Å². The second-order valence-electron chi connectivity index (χ2n) is 5.28. The monoisotopic (exact) mass is 383 g/mol. The molecule has 1 heterocycles. The maximum Gasteiger partial charge on any atom is 0.417 e. The molecule has 136 valence electrons. The summed E-state index contributed by atoms with van der Waals surface area (Å²) in [5, 5.41) is 10.3. The molecule has 1 N–H and O–H groups in total. The number of hydrogen-bond donors (Lipinski definition) is 1. The Bertz CT molecular complexity index is 895. The van der Waals surface area contributed by atoms with Crippen LogP contribution in [0, 0.1) is 0 Å². The quantitative estimate of drug-likeness (QED) is 0.669. The number of anilines is 1. The van der Waals surface area contributed by atoms with E-state index in [-0.39, 0.29) is 23.1 Å². The summed E-state index contributed by atoms with van der Waals surface area (Å²) in [4.78, 5) is 0. The maximum absolute atomic E-state index is 12.9. The molecular weight excluding hydrogens is 371 g/mol. The molecule has 0 saturated heterocycles. The molecular formula is C17H13ClF3N3O2. The summed E-state index contributed by atoms with van der Waals surface area (Å²) in [5.74, 6) is 1.23. The summed E-state index contributed by atoms with van der Waals surface area (Å²) >= 11 is 5.59. The van der Waals surface area contributed by atoms with Gasteiger partial charge in [0.05, 0.1) is 24.2 Å². The largest absolute Gasteiger partial charge is 0.497 e. The maximum atomic E-state index is 12.9. The van der Waals surface area contributed by atoms with Crippen LogP contribution in [-0.4, -0.2) is 17.3 Å². The molecule has 0 unspecified atom stereocenters. The fraction of sp³-hybridized carbons (Fsp3) is 0.176. The number of aromatic nitrogens is 2. The average Bonchev–Trinajstić information content (AvgIpc) is 3.09. The minimum Gasteiger partial charge on any atom is -0.497 e. The molecule has 0 radical (unpaired) electrons. The van der Waals surface area contributed by atoms with Crippen molar-refractivity contribution >= 4 is 17.3 Å². The van der Waals surface area contributed by atoms with Gasteiger partial charge in [0.1, 0.15) is 5.75 Å². The molecule has 26 heavy (non-hydrogen) atoms. The van der Waals surface area contributed by atoms with Crippen molar-refractivity contribution in [3.05, 3.63) is 58.9 Å². The van der Waals surface area contributed by atoms with E-state index in [4.69, 9.17) is 20.8 Å². The summed E-state index contributed by atoms with van der Waals surface area (Å²) in [6.45, 7) is 0.0715. The molecule has 0 bridgehead atoms. The van der Waals surface area contributed by atoms with Crippen molar-refractivity contribution in [2.45, 2.75) is 12.7 Å². The van der Waals surface area contributed by atoms with Crippen LogP contribution in [0.15, 0.2) is 46.9 Å². The van der Waals surface area contributed by atoms with Crippen molar-refractivity contribution in [3.8, 4) is 17.2 Å². The van der Waals surface area contributed by atoms with E-state index >= 15 is 0 Å². The molecule has 0 fully saturated rings. The zero-order valence-corrected chi connectivity index (χ0v) is 14.2. The van der Waals surface area contributed by atoms with Crippen molar-refractivity contribution in [1.29, 1.82) is 0 Å². The first-order chi connectivity index (χ1) is 12.4. The first kappa shape index (κ1) is 18.1. The molecule has 0 aliphatic carbocycles. The van der Waals surface area contributed by atoms with Gasteiger partial charge in [-0.3, -0.25) is 0 Å². The highest BCUT2D eigenvalue weighted by Crippen LogP contribution is 2.36. The van der Waals surface area contributed by atoms with E-state index < -0.39 is 11.7 Å². The van der Waals surface area contributed by atoms with Crippen LogP contribution >= 0.6 is 11.6 Å². The van der Waals surface area contributed by atoms with Crippen molar-refractivity contribution in [2.24, 2.45) is 0 Å². The van der Waals surface area contributed by atoms with Gasteiger partial charge in [-0.2, -0.15) is 13.2 Å². The summed E-state index contributed by atoms with van der Waals surface area (Å²) < 4.78 is 49.2. The average molecular weight is 384 g/mol. The number of ether oxygens (including phenoxy) is 1. The van der Waals surface area contributed by atoms with Gasteiger partial charge in [-0.15, -0.1) is 10.2 Å². The van der Waals surface area contributed by atoms with E-state index in [9.17, 15) is 13.2 Å². The van der Waals surface area contributed by atoms with Crippen molar-refractivity contribution in [1.82, 2.24) is 10.2 Å². The summed E-state index contributed by atoms with van der Waals surface area (Å²) in [5.41, 5.74) is 0.0370. The first-order valence-corrected chi connectivity index (χ1v) is 7.82. The number of alkyl halides is 3. The van der Waals surface area contributed by atoms with E-state index in [1.165, 1.54) is 12.1 Å². The van der Waals surface area contributed by atoms with E-state index in [0.29, 0.717) is 17.2 Å². The minimum absolute atomic E-state index is 0.0715. The number of nitrogens with zero attached hydrogens (tertiary/aromatic N) is 2. The zero-order chi connectivity index (χ0) is 18.7. The van der Waals surface area contributed by atoms with Crippen molar-refractivity contribution in [3.63, 3.8) is 0 Å². The molecule has 0 spiro atoms. The summed E-state index contributed by atoms with van der Waals surface area (Å²) in [6, 6.07) is 10.6. The second-order valence-corrected chi connectivity index (χ2v) is 5.68. The predicted molar refractivity (Wildman–Crippen MR) is 90.1 cm³/mol. The Hall–Kier alpha value is -2.74. The number of nitrogens with one attached hydrogen (secondary N) is 1. The van der Waals surface area contributed by atoms with Gasteiger partial charge in [-0.1, -0.05) is 11.6 Å². The van der Waals surface area contributed by atoms with Crippen LogP contribution in [0.5, 0.6) is 5.75 Å². The molecule has 0 saturated carbocycles. The highest BCUT2D eigenvalue weighted by Gasteiger charge is 2.33. The lowest BCUT2D eigenvalue weighted by Gasteiger charge is -2.11. The normalized spacial score (nSPS) is 11.4. The Labute approximate surface area is 151 Å². The smallest absolute Gasteiger partial charge is 0.417 e. The Balaban J connectivity index is 1.70. The van der Waals surface area contributed by atoms with Crippen LogP contribution in [0.25, 0.3) is 11.5 Å². The number of hydrogen-bond acceptors (Lipinski definition) is 5. The second kappa shape index (κ2) is 7.25. The Morgan fingerprint density at radius 3 is 2.50 bits per heavy atom. The molecule has 0 atom stereocenters. The Morgan fingerprint density at radius 2 is 1.85 bits per heavy atom. The molecule has 5 nitrogen and oxygen atoms in total. The number of benzene rings is 2. The standard InChI is InChI=1S/C17H13ClF3N3O2/c1-25-12-5-2-10(3-6-12)16-24-23-15(26-16)9-22-11-4-7-14(18)13(8-11)17(19,20)21/h2-8,22H,9H2,1H3. The number of rotatable bonds is 5. The molecule has 2 aromatic carbocycles. The van der Waals surface area contributed by atoms with E-state index in [2.05, 4.69) is 15.5 Å². The first-order valence-electron chi connectivity index (χ1n) is 7.44. The minimum atomic E-state index is -4.53. The fourth-order valence-electron chi connectivity index (χ4n) is 2.21. The third-order valence-corrected chi connectivity index (χ3v) is 3.85. The molecule has 9 heteroatoms. The van der Waals surface area contributed by atoms with Crippen molar-refractivity contribution in [2.75, 3.05) is 12.4 Å². The lowest BCUT2D eigenvalue weighted by Crippen LogP contribution is -2.07. The fourth-order valence-corrected chi connectivity index (χ4v) is 2.43. The van der Waals surface area contributed by atoms with Gasteiger partial charge < -0.3 is 14.5 Å². The van der Waals surface area contributed by atoms with Crippen LogP contribution in [0.4, 0.5) is 18.9 Å². The summed E-state index contributed by atoms with van der Waals surface area (Å²) in [6.07, 6.45) is -4.53. The summed E-state index contributed by atoms with van der Waals surface area (Å²) in [7, 11) is 1.56. The van der Waals surface area contributed by atoms with Gasteiger partial charge >= 0.3 is 6.18 Å².